The predicted octanol–water partition coefficient (Wildman–Crippen LogP) is 2.94. The molecule has 0 amide bonds. The SMILES string of the molecule is CCOC(=O)c1nc(C)n(-c2ccc(F)cc2F)c1C. The number of aromatic nitrogens is 2. The first-order valence-electron chi connectivity index (χ1n) is 6.14. The molecule has 1 aromatic heterocycles. The van der Waals surface area contributed by atoms with Crippen molar-refractivity contribution >= 4 is 5.97 Å². The molecule has 4 nitrogen and oxygen atoms in total. The van der Waals surface area contributed by atoms with E-state index in [0.29, 0.717) is 11.5 Å². The molecule has 1 heterocycles. The minimum atomic E-state index is -0.719. The smallest absolute Gasteiger partial charge is 0.358 e. The van der Waals surface area contributed by atoms with E-state index in [1.165, 1.54) is 10.6 Å². The molecule has 2 aromatic rings. The van der Waals surface area contributed by atoms with Gasteiger partial charge in [0.05, 0.1) is 18.0 Å². The molecule has 0 atom stereocenters. The van der Waals surface area contributed by atoms with Gasteiger partial charge in [-0.2, -0.15) is 0 Å². The van der Waals surface area contributed by atoms with Gasteiger partial charge in [0.1, 0.15) is 17.5 Å². The molecule has 20 heavy (non-hydrogen) atoms. The summed E-state index contributed by atoms with van der Waals surface area (Å²) in [5, 5.41) is 0. The lowest BCUT2D eigenvalue weighted by Gasteiger charge is -2.09. The van der Waals surface area contributed by atoms with E-state index in [4.69, 9.17) is 4.74 Å². The zero-order valence-corrected chi connectivity index (χ0v) is 11.4. The monoisotopic (exact) mass is 280 g/mol. The number of nitrogens with zero attached hydrogens (tertiary/aromatic N) is 2. The number of carbonyl (C=O) groups is 1. The lowest BCUT2D eigenvalue weighted by Crippen LogP contribution is -2.08. The number of esters is 1. The van der Waals surface area contributed by atoms with Crippen molar-refractivity contribution in [2.24, 2.45) is 0 Å². The van der Waals surface area contributed by atoms with Crippen LogP contribution in [-0.4, -0.2) is 22.1 Å². The Bertz CT molecular complexity index is 665. The van der Waals surface area contributed by atoms with E-state index < -0.39 is 17.6 Å². The van der Waals surface area contributed by atoms with Crippen molar-refractivity contribution in [1.29, 1.82) is 0 Å². The van der Waals surface area contributed by atoms with E-state index in [1.54, 1.807) is 20.8 Å². The molecule has 0 aliphatic heterocycles. The summed E-state index contributed by atoms with van der Waals surface area (Å²) in [6, 6.07) is 3.25. The number of carbonyl (C=O) groups excluding carboxylic acids is 1. The van der Waals surface area contributed by atoms with Gasteiger partial charge in [-0.1, -0.05) is 0 Å². The predicted molar refractivity (Wildman–Crippen MR) is 68.9 cm³/mol. The van der Waals surface area contributed by atoms with Gasteiger partial charge < -0.3 is 4.74 Å². The highest BCUT2D eigenvalue weighted by Crippen LogP contribution is 2.21. The van der Waals surface area contributed by atoms with Crippen LogP contribution in [0.25, 0.3) is 5.69 Å². The van der Waals surface area contributed by atoms with Crippen LogP contribution in [0, 0.1) is 25.5 Å². The van der Waals surface area contributed by atoms with Gasteiger partial charge in [0.2, 0.25) is 0 Å². The molecular formula is C14H14F2N2O2. The van der Waals surface area contributed by atoms with Gasteiger partial charge in [-0.25, -0.2) is 18.6 Å². The first kappa shape index (κ1) is 14.2. The summed E-state index contributed by atoms with van der Waals surface area (Å²) >= 11 is 0. The van der Waals surface area contributed by atoms with Crippen molar-refractivity contribution in [3.05, 3.63) is 47.0 Å². The molecule has 0 unspecified atom stereocenters. The van der Waals surface area contributed by atoms with Crippen LogP contribution in [-0.2, 0) is 4.74 Å². The van der Waals surface area contributed by atoms with Gasteiger partial charge >= 0.3 is 5.97 Å². The van der Waals surface area contributed by atoms with Crippen molar-refractivity contribution in [2.75, 3.05) is 6.61 Å². The lowest BCUT2D eigenvalue weighted by atomic mass is 10.2. The van der Waals surface area contributed by atoms with E-state index in [1.807, 2.05) is 0 Å². The van der Waals surface area contributed by atoms with Gasteiger partial charge in [0.25, 0.3) is 0 Å². The third-order valence-corrected chi connectivity index (χ3v) is 2.89. The first-order chi connectivity index (χ1) is 9.45. The Labute approximate surface area is 115 Å². The van der Waals surface area contributed by atoms with Gasteiger partial charge in [0.15, 0.2) is 5.69 Å². The number of imidazole rings is 1. The zero-order chi connectivity index (χ0) is 14.9. The highest BCUT2D eigenvalue weighted by molar-refractivity contribution is 5.88. The van der Waals surface area contributed by atoms with Crippen molar-refractivity contribution in [3.63, 3.8) is 0 Å². The van der Waals surface area contributed by atoms with E-state index in [9.17, 15) is 13.6 Å². The van der Waals surface area contributed by atoms with Gasteiger partial charge in [0, 0.05) is 6.07 Å². The molecule has 0 saturated heterocycles. The second-order valence-electron chi connectivity index (χ2n) is 4.24. The van der Waals surface area contributed by atoms with Crippen LogP contribution in [0.3, 0.4) is 0 Å². The molecule has 0 aliphatic carbocycles. The van der Waals surface area contributed by atoms with E-state index >= 15 is 0 Å². The normalized spacial score (nSPS) is 10.7. The average molecular weight is 280 g/mol. The molecule has 0 aliphatic rings. The van der Waals surface area contributed by atoms with Crippen LogP contribution in [0.15, 0.2) is 18.2 Å². The van der Waals surface area contributed by atoms with Crippen molar-refractivity contribution in [2.45, 2.75) is 20.8 Å². The standard InChI is InChI=1S/C14H14F2N2O2/c1-4-20-14(19)13-8(2)18(9(3)17-13)12-6-5-10(15)7-11(12)16/h5-7H,4H2,1-3H3. The van der Waals surface area contributed by atoms with Gasteiger partial charge in [-0.15, -0.1) is 0 Å². The maximum absolute atomic E-state index is 13.8. The third-order valence-electron chi connectivity index (χ3n) is 2.89. The van der Waals surface area contributed by atoms with Crippen LogP contribution in [0.4, 0.5) is 8.78 Å². The molecular weight excluding hydrogens is 266 g/mol. The first-order valence-corrected chi connectivity index (χ1v) is 6.14. The summed E-state index contributed by atoms with van der Waals surface area (Å²) in [6.07, 6.45) is 0. The molecule has 0 radical (unpaired) electrons. The van der Waals surface area contributed by atoms with E-state index in [2.05, 4.69) is 4.98 Å². The van der Waals surface area contributed by atoms with Crippen LogP contribution >= 0.6 is 0 Å². The summed E-state index contributed by atoms with van der Waals surface area (Å²) in [7, 11) is 0. The Hall–Kier alpha value is -2.24. The van der Waals surface area contributed by atoms with Crippen molar-refractivity contribution < 1.29 is 18.3 Å². The summed E-state index contributed by atoms with van der Waals surface area (Å²) < 4.78 is 33.2. The maximum Gasteiger partial charge on any atom is 0.358 e. The average Bonchev–Trinajstić information content (AvgIpc) is 2.66. The molecule has 0 fully saturated rings. The number of hydrogen-bond acceptors (Lipinski definition) is 3. The van der Waals surface area contributed by atoms with Gasteiger partial charge in [-0.3, -0.25) is 4.57 Å². The van der Waals surface area contributed by atoms with Crippen LogP contribution in [0.2, 0.25) is 0 Å². The van der Waals surface area contributed by atoms with E-state index in [0.717, 1.165) is 12.1 Å². The largest absolute Gasteiger partial charge is 0.461 e. The van der Waals surface area contributed by atoms with Crippen LogP contribution in [0.1, 0.15) is 28.9 Å². The highest BCUT2D eigenvalue weighted by Gasteiger charge is 2.21. The fraction of sp³-hybridized carbons (Fsp3) is 0.286. The van der Waals surface area contributed by atoms with Gasteiger partial charge in [-0.05, 0) is 32.9 Å². The molecule has 0 bridgehead atoms. The van der Waals surface area contributed by atoms with E-state index in [-0.39, 0.29) is 18.0 Å². The molecule has 0 saturated carbocycles. The molecule has 2 rings (SSSR count). The third kappa shape index (κ3) is 2.41. The number of hydrogen-bond donors (Lipinski definition) is 0. The number of rotatable bonds is 3. The Balaban J connectivity index is 2.55. The second kappa shape index (κ2) is 5.40. The quantitative estimate of drug-likeness (QED) is 0.812. The summed E-state index contributed by atoms with van der Waals surface area (Å²) in [6.45, 7) is 5.19. The Morgan fingerprint density at radius 3 is 2.65 bits per heavy atom. The molecule has 0 spiro atoms. The minimum Gasteiger partial charge on any atom is -0.461 e. The van der Waals surface area contributed by atoms with Crippen molar-refractivity contribution in [3.8, 4) is 5.69 Å². The molecule has 1 aromatic carbocycles. The topological polar surface area (TPSA) is 44.1 Å². The summed E-state index contributed by atoms with van der Waals surface area (Å²) in [5.41, 5.74) is 0.726. The minimum absolute atomic E-state index is 0.132. The molecule has 106 valence electrons. The number of aryl methyl sites for hydroxylation is 1. The fourth-order valence-corrected chi connectivity index (χ4v) is 2.05. The Morgan fingerprint density at radius 1 is 1.35 bits per heavy atom. The van der Waals surface area contributed by atoms with Crippen molar-refractivity contribution in [1.82, 2.24) is 9.55 Å². The molecule has 6 heteroatoms. The maximum atomic E-state index is 13.8. The Kier molecular flexibility index (Phi) is 3.83. The number of benzene rings is 1. The number of ether oxygens (including phenoxy) is 1. The Morgan fingerprint density at radius 2 is 2.05 bits per heavy atom. The highest BCUT2D eigenvalue weighted by atomic mass is 19.1. The second-order valence-corrected chi connectivity index (χ2v) is 4.24. The van der Waals surface area contributed by atoms with Crippen LogP contribution in [0.5, 0.6) is 0 Å². The molecule has 0 N–H and O–H groups in total. The fourth-order valence-electron chi connectivity index (χ4n) is 2.05. The lowest BCUT2D eigenvalue weighted by molar-refractivity contribution is 0.0519. The van der Waals surface area contributed by atoms with Crippen LogP contribution < -0.4 is 0 Å². The number of halogens is 2. The summed E-state index contributed by atoms with van der Waals surface area (Å²) in [4.78, 5) is 15.8. The summed E-state index contributed by atoms with van der Waals surface area (Å²) in [5.74, 6) is -1.51. The zero-order valence-electron chi connectivity index (χ0n) is 11.4.